The minimum atomic E-state index is 0.0667. The summed E-state index contributed by atoms with van der Waals surface area (Å²) in [5.74, 6) is 0.496. The second-order valence-electron chi connectivity index (χ2n) is 3.93. The van der Waals surface area contributed by atoms with E-state index in [-0.39, 0.29) is 5.91 Å². The minimum Gasteiger partial charge on any atom is -0.341 e. The molecular formula is C11H16N4O. The normalized spacial score (nSPS) is 14.6. The molecule has 1 saturated heterocycles. The van der Waals surface area contributed by atoms with Crippen LogP contribution in [-0.4, -0.2) is 37.0 Å². The largest absolute Gasteiger partial charge is 0.341 e. The lowest BCUT2D eigenvalue weighted by Gasteiger charge is -2.29. The maximum Gasteiger partial charge on any atom is 0.223 e. The van der Waals surface area contributed by atoms with Crippen LogP contribution in [0, 0.1) is 28.6 Å². The van der Waals surface area contributed by atoms with Crippen molar-refractivity contribution in [1.29, 1.82) is 10.5 Å². The Balaban J connectivity index is 2.36. The van der Waals surface area contributed by atoms with Crippen LogP contribution < -0.4 is 5.32 Å². The Hall–Kier alpha value is -1.59. The summed E-state index contributed by atoms with van der Waals surface area (Å²) in [5, 5.41) is 20.1. The lowest BCUT2D eigenvalue weighted by molar-refractivity contribution is -0.132. The number of nitriles is 2. The molecule has 1 rings (SSSR count). The summed E-state index contributed by atoms with van der Waals surface area (Å²) in [6.45, 7) is 2.68. The lowest BCUT2D eigenvalue weighted by atomic mass is 9.98. The molecular weight excluding hydrogens is 204 g/mol. The first-order chi connectivity index (χ1) is 7.77. The summed E-state index contributed by atoms with van der Waals surface area (Å²) in [4.78, 5) is 13.5. The molecule has 1 aliphatic heterocycles. The van der Waals surface area contributed by atoms with Gasteiger partial charge in [-0.15, -0.1) is 0 Å². The highest BCUT2D eigenvalue weighted by atomic mass is 16.2. The van der Waals surface area contributed by atoms with Crippen LogP contribution in [0.15, 0.2) is 0 Å². The molecule has 0 unspecified atom stereocenters. The zero-order valence-corrected chi connectivity index (χ0v) is 9.28. The predicted octanol–water partition coefficient (Wildman–Crippen LogP) is 0.252. The van der Waals surface area contributed by atoms with Crippen LogP contribution >= 0.6 is 0 Å². The van der Waals surface area contributed by atoms with E-state index >= 15 is 0 Å². The number of carbonyl (C=O) groups is 1. The molecule has 0 aromatic rings. The van der Waals surface area contributed by atoms with Gasteiger partial charge in [0.05, 0.1) is 25.0 Å². The molecule has 5 nitrogen and oxygen atoms in total. The van der Waals surface area contributed by atoms with Gasteiger partial charge in [0, 0.05) is 19.5 Å². The summed E-state index contributed by atoms with van der Waals surface area (Å²) in [6.07, 6.45) is 1.20. The van der Waals surface area contributed by atoms with Gasteiger partial charge in [0.1, 0.15) is 0 Å². The zero-order chi connectivity index (χ0) is 11.8. The molecule has 0 aromatic heterocycles. The average Bonchev–Trinajstić information content (AvgIpc) is 2.23. The van der Waals surface area contributed by atoms with E-state index in [1.165, 1.54) is 0 Å². The van der Waals surface area contributed by atoms with E-state index in [1.54, 1.807) is 4.90 Å². The Morgan fingerprint density at radius 1 is 1.25 bits per heavy atom. The zero-order valence-electron chi connectivity index (χ0n) is 9.28. The van der Waals surface area contributed by atoms with E-state index in [1.807, 2.05) is 12.1 Å². The van der Waals surface area contributed by atoms with E-state index in [0.717, 1.165) is 13.1 Å². The molecule has 0 aromatic carbocycles. The van der Waals surface area contributed by atoms with Crippen molar-refractivity contribution in [1.82, 2.24) is 10.2 Å². The summed E-state index contributed by atoms with van der Waals surface area (Å²) in [6, 6.07) is 4.04. The van der Waals surface area contributed by atoms with Crippen LogP contribution in [0.1, 0.15) is 19.3 Å². The first-order valence-corrected chi connectivity index (χ1v) is 5.50. The minimum absolute atomic E-state index is 0.0667. The van der Waals surface area contributed by atoms with E-state index in [9.17, 15) is 4.79 Å². The number of nitrogens with zero attached hydrogens (tertiary/aromatic N) is 3. The molecule has 1 N–H and O–H groups in total. The van der Waals surface area contributed by atoms with Crippen molar-refractivity contribution < 1.29 is 4.79 Å². The van der Waals surface area contributed by atoms with Gasteiger partial charge < -0.3 is 10.2 Å². The second kappa shape index (κ2) is 6.81. The predicted molar refractivity (Wildman–Crippen MR) is 58.0 cm³/mol. The van der Waals surface area contributed by atoms with Crippen molar-refractivity contribution in [2.24, 2.45) is 5.92 Å². The molecule has 0 bridgehead atoms. The van der Waals surface area contributed by atoms with Crippen LogP contribution in [0.25, 0.3) is 0 Å². The van der Waals surface area contributed by atoms with Crippen LogP contribution in [0.4, 0.5) is 0 Å². The number of hydrogen-bond donors (Lipinski definition) is 1. The Labute approximate surface area is 95.6 Å². The van der Waals surface area contributed by atoms with Crippen molar-refractivity contribution in [3.63, 3.8) is 0 Å². The fraction of sp³-hybridized carbons (Fsp3) is 0.727. The highest BCUT2D eigenvalue weighted by Gasteiger charge is 2.23. The van der Waals surface area contributed by atoms with Gasteiger partial charge in [-0.25, -0.2) is 0 Å². The number of rotatable bonds is 6. The number of amides is 1. The van der Waals surface area contributed by atoms with Gasteiger partial charge in [-0.3, -0.25) is 4.79 Å². The summed E-state index contributed by atoms with van der Waals surface area (Å²) < 4.78 is 0. The quantitative estimate of drug-likeness (QED) is 0.696. The van der Waals surface area contributed by atoms with E-state index in [4.69, 9.17) is 10.5 Å². The number of carbonyl (C=O) groups excluding carboxylic acids is 1. The van der Waals surface area contributed by atoms with Crippen molar-refractivity contribution in [3.8, 4) is 12.1 Å². The standard InChI is InChI=1S/C11H16N4O/c12-3-1-5-15(6-2-4-13)11(16)7-10-8-14-9-10/h10,14H,1-2,5-9H2. The SMILES string of the molecule is N#CCCN(CCC#N)C(=O)CC1CNC1. The fourth-order valence-corrected chi connectivity index (χ4v) is 1.60. The lowest BCUT2D eigenvalue weighted by Crippen LogP contribution is -2.45. The molecule has 1 fully saturated rings. The van der Waals surface area contributed by atoms with Crippen molar-refractivity contribution in [2.75, 3.05) is 26.2 Å². The highest BCUT2D eigenvalue weighted by Crippen LogP contribution is 2.11. The first kappa shape index (κ1) is 12.5. The molecule has 0 atom stereocenters. The third-order valence-electron chi connectivity index (χ3n) is 2.67. The third-order valence-corrected chi connectivity index (χ3v) is 2.67. The third kappa shape index (κ3) is 3.88. The summed E-state index contributed by atoms with van der Waals surface area (Å²) in [5.41, 5.74) is 0. The van der Waals surface area contributed by atoms with Crippen LogP contribution in [0.2, 0.25) is 0 Å². The molecule has 0 saturated carbocycles. The van der Waals surface area contributed by atoms with Gasteiger partial charge in [0.25, 0.3) is 0 Å². The monoisotopic (exact) mass is 220 g/mol. The van der Waals surface area contributed by atoms with E-state index < -0.39 is 0 Å². The summed E-state index contributed by atoms with van der Waals surface area (Å²) in [7, 11) is 0. The van der Waals surface area contributed by atoms with Gasteiger partial charge >= 0.3 is 0 Å². The van der Waals surface area contributed by atoms with Crippen LogP contribution in [0.3, 0.4) is 0 Å². The molecule has 1 amide bonds. The second-order valence-corrected chi connectivity index (χ2v) is 3.93. The molecule has 0 spiro atoms. The van der Waals surface area contributed by atoms with Gasteiger partial charge in [0.15, 0.2) is 0 Å². The van der Waals surface area contributed by atoms with Crippen molar-refractivity contribution >= 4 is 5.91 Å². The van der Waals surface area contributed by atoms with Crippen molar-refractivity contribution in [3.05, 3.63) is 0 Å². The van der Waals surface area contributed by atoms with Gasteiger partial charge in [-0.1, -0.05) is 0 Å². The molecule has 86 valence electrons. The van der Waals surface area contributed by atoms with Crippen molar-refractivity contribution in [2.45, 2.75) is 19.3 Å². The molecule has 1 heterocycles. The number of hydrogen-bond acceptors (Lipinski definition) is 4. The van der Waals surface area contributed by atoms with Crippen LogP contribution in [-0.2, 0) is 4.79 Å². The average molecular weight is 220 g/mol. The van der Waals surface area contributed by atoms with Gasteiger partial charge in [-0.05, 0) is 19.0 Å². The topological polar surface area (TPSA) is 79.9 Å². The highest BCUT2D eigenvalue weighted by molar-refractivity contribution is 5.76. The molecule has 5 heteroatoms. The Morgan fingerprint density at radius 2 is 1.81 bits per heavy atom. The van der Waals surface area contributed by atoms with Crippen LogP contribution in [0.5, 0.6) is 0 Å². The maximum atomic E-state index is 11.8. The maximum absolute atomic E-state index is 11.8. The molecule has 0 aliphatic carbocycles. The Kier molecular flexibility index (Phi) is 5.31. The Morgan fingerprint density at radius 3 is 2.19 bits per heavy atom. The Bertz CT molecular complexity index is 293. The fourth-order valence-electron chi connectivity index (χ4n) is 1.60. The van der Waals surface area contributed by atoms with E-state index in [0.29, 0.717) is 38.3 Å². The molecule has 0 radical (unpaired) electrons. The molecule has 1 aliphatic rings. The molecule has 16 heavy (non-hydrogen) atoms. The first-order valence-electron chi connectivity index (χ1n) is 5.50. The summed E-state index contributed by atoms with van der Waals surface area (Å²) >= 11 is 0. The number of nitrogens with one attached hydrogen (secondary N) is 1. The van der Waals surface area contributed by atoms with Gasteiger partial charge in [-0.2, -0.15) is 10.5 Å². The van der Waals surface area contributed by atoms with E-state index in [2.05, 4.69) is 5.32 Å². The van der Waals surface area contributed by atoms with Gasteiger partial charge in [0.2, 0.25) is 5.91 Å². The smallest absolute Gasteiger partial charge is 0.223 e.